The molecule has 1 aliphatic carbocycles. The van der Waals surface area contributed by atoms with Gasteiger partial charge in [-0.3, -0.25) is 9.59 Å². The van der Waals surface area contributed by atoms with E-state index in [9.17, 15) is 22.8 Å². The highest BCUT2D eigenvalue weighted by Crippen LogP contribution is 2.30. The number of hydrogen-bond donors (Lipinski definition) is 2. The maximum atomic E-state index is 12.8. The van der Waals surface area contributed by atoms with Gasteiger partial charge in [0, 0.05) is 16.6 Å². The Morgan fingerprint density at radius 3 is 2.47 bits per heavy atom. The number of alkyl halides is 3. The lowest BCUT2D eigenvalue weighted by molar-refractivity contribution is -0.137. The van der Waals surface area contributed by atoms with Crippen LogP contribution in [-0.4, -0.2) is 24.4 Å². The molecule has 2 aromatic carbocycles. The number of carbonyl (C=O) groups excluding carboxylic acids is 2. The Balaban J connectivity index is 1.50. The van der Waals surface area contributed by atoms with Gasteiger partial charge in [0.05, 0.1) is 12.1 Å². The van der Waals surface area contributed by atoms with Crippen LogP contribution in [0.2, 0.25) is 5.02 Å². The first-order chi connectivity index (χ1) is 15.2. The van der Waals surface area contributed by atoms with Crippen molar-refractivity contribution in [2.45, 2.75) is 50.7 Å². The van der Waals surface area contributed by atoms with E-state index in [1.807, 2.05) is 24.3 Å². The van der Waals surface area contributed by atoms with Gasteiger partial charge in [-0.15, -0.1) is 0 Å². The summed E-state index contributed by atoms with van der Waals surface area (Å²) in [5.41, 5.74) is 0.157. The molecule has 1 aliphatic rings. The highest BCUT2D eigenvalue weighted by molar-refractivity contribution is 6.30. The molecule has 3 rings (SSSR count). The molecule has 2 N–H and O–H groups in total. The lowest BCUT2D eigenvalue weighted by atomic mass is 9.81. The van der Waals surface area contributed by atoms with Crippen molar-refractivity contribution in [3.8, 4) is 0 Å². The van der Waals surface area contributed by atoms with E-state index in [1.54, 1.807) is 0 Å². The maximum absolute atomic E-state index is 12.8. The van der Waals surface area contributed by atoms with Crippen LogP contribution >= 0.6 is 11.6 Å². The van der Waals surface area contributed by atoms with Gasteiger partial charge < -0.3 is 10.6 Å². The van der Waals surface area contributed by atoms with Gasteiger partial charge >= 0.3 is 6.18 Å². The van der Waals surface area contributed by atoms with Gasteiger partial charge in [-0.05, 0) is 67.5 Å². The largest absolute Gasteiger partial charge is 0.416 e. The average molecular weight is 467 g/mol. The Morgan fingerprint density at radius 2 is 1.75 bits per heavy atom. The fourth-order valence-corrected chi connectivity index (χ4v) is 4.23. The third-order valence-corrected chi connectivity index (χ3v) is 6.09. The maximum Gasteiger partial charge on any atom is 0.416 e. The molecule has 0 heterocycles. The highest BCUT2D eigenvalue weighted by Gasteiger charge is 2.31. The molecular formula is C24H26ClF3N2O2. The monoisotopic (exact) mass is 466 g/mol. The first-order valence-electron chi connectivity index (χ1n) is 10.7. The number of amides is 2. The van der Waals surface area contributed by atoms with Gasteiger partial charge in [-0.25, -0.2) is 0 Å². The van der Waals surface area contributed by atoms with E-state index in [0.29, 0.717) is 10.9 Å². The molecule has 1 saturated carbocycles. The zero-order valence-corrected chi connectivity index (χ0v) is 18.3. The topological polar surface area (TPSA) is 58.2 Å². The predicted octanol–water partition coefficient (Wildman–Crippen LogP) is 5.40. The van der Waals surface area contributed by atoms with E-state index in [4.69, 9.17) is 11.6 Å². The van der Waals surface area contributed by atoms with Gasteiger partial charge in [-0.2, -0.15) is 13.2 Å². The lowest BCUT2D eigenvalue weighted by Crippen LogP contribution is -2.46. The summed E-state index contributed by atoms with van der Waals surface area (Å²) >= 11 is 5.93. The number of rotatable bonds is 7. The Bertz CT molecular complexity index is 932. The molecule has 0 aromatic heterocycles. The summed E-state index contributed by atoms with van der Waals surface area (Å²) in [5, 5.41) is 6.11. The number of hydrogen-bond acceptors (Lipinski definition) is 2. The van der Waals surface area contributed by atoms with Gasteiger partial charge in [-0.1, -0.05) is 42.6 Å². The van der Waals surface area contributed by atoms with Crippen molar-refractivity contribution in [2.24, 2.45) is 5.92 Å². The zero-order valence-electron chi connectivity index (χ0n) is 17.6. The Labute approximate surface area is 190 Å². The Morgan fingerprint density at radius 1 is 1.03 bits per heavy atom. The van der Waals surface area contributed by atoms with Crippen molar-refractivity contribution in [1.29, 1.82) is 0 Å². The highest BCUT2D eigenvalue weighted by atomic mass is 35.5. The molecule has 0 unspecified atom stereocenters. The van der Waals surface area contributed by atoms with Gasteiger partial charge in [0.15, 0.2) is 0 Å². The van der Waals surface area contributed by atoms with Crippen molar-refractivity contribution in [3.63, 3.8) is 0 Å². The van der Waals surface area contributed by atoms with E-state index in [-0.39, 0.29) is 24.1 Å². The fraction of sp³-hybridized carbons (Fsp3) is 0.417. The number of nitrogens with one attached hydrogen (secondary N) is 2. The second-order valence-corrected chi connectivity index (χ2v) is 8.58. The van der Waals surface area contributed by atoms with E-state index < -0.39 is 17.6 Å². The van der Waals surface area contributed by atoms with Crippen LogP contribution in [0.15, 0.2) is 48.5 Å². The SMILES string of the molecule is O=C(CNC(=O)c1cccc(C(F)(F)F)c1)N[C@H]1CCCC[C@@H]1CCc1ccc(Cl)cc1. The van der Waals surface area contributed by atoms with Crippen LogP contribution in [0.25, 0.3) is 0 Å². The normalized spacial score (nSPS) is 18.8. The molecule has 0 bridgehead atoms. The molecule has 1 fully saturated rings. The summed E-state index contributed by atoms with van der Waals surface area (Å²) in [7, 11) is 0. The summed E-state index contributed by atoms with van der Waals surface area (Å²) in [6, 6.07) is 11.9. The van der Waals surface area contributed by atoms with E-state index in [1.165, 1.54) is 17.7 Å². The van der Waals surface area contributed by atoms with E-state index in [0.717, 1.165) is 50.7 Å². The summed E-state index contributed by atoms with van der Waals surface area (Å²) in [6.45, 7) is -0.282. The predicted molar refractivity (Wildman–Crippen MR) is 117 cm³/mol. The molecule has 2 amide bonds. The molecule has 32 heavy (non-hydrogen) atoms. The fourth-order valence-electron chi connectivity index (χ4n) is 4.10. The van der Waals surface area contributed by atoms with Crippen LogP contribution in [0.3, 0.4) is 0 Å². The average Bonchev–Trinajstić information content (AvgIpc) is 2.77. The lowest BCUT2D eigenvalue weighted by Gasteiger charge is -2.32. The molecule has 0 saturated heterocycles. The molecule has 172 valence electrons. The van der Waals surface area contributed by atoms with Crippen LogP contribution in [0.5, 0.6) is 0 Å². The van der Waals surface area contributed by atoms with Crippen molar-refractivity contribution >= 4 is 23.4 Å². The number of benzene rings is 2. The van der Waals surface area contributed by atoms with Gasteiger partial charge in [0.1, 0.15) is 0 Å². The van der Waals surface area contributed by atoms with Gasteiger partial charge in [0.2, 0.25) is 5.91 Å². The minimum absolute atomic E-state index is 0.0222. The van der Waals surface area contributed by atoms with Gasteiger partial charge in [0.25, 0.3) is 5.91 Å². The standard InChI is InChI=1S/C24H26ClF3N2O2/c25-20-12-9-16(10-13-20)8-11-17-4-1-2-7-21(17)30-22(31)15-29-23(32)18-5-3-6-19(14-18)24(26,27)28/h3,5-6,9-10,12-14,17,21H,1-2,4,7-8,11,15H2,(H,29,32)(H,30,31)/t17-,21+/m1/s1. The summed E-state index contributed by atoms with van der Waals surface area (Å²) in [5.74, 6) is -0.717. The summed E-state index contributed by atoms with van der Waals surface area (Å²) in [4.78, 5) is 24.6. The molecule has 0 aliphatic heterocycles. The molecular weight excluding hydrogens is 441 g/mol. The van der Waals surface area contributed by atoms with Crippen LogP contribution in [0.1, 0.15) is 53.6 Å². The first kappa shape index (κ1) is 24.1. The van der Waals surface area contributed by atoms with Crippen molar-refractivity contribution in [3.05, 3.63) is 70.2 Å². The number of aryl methyl sites for hydroxylation is 1. The molecule has 4 nitrogen and oxygen atoms in total. The van der Waals surface area contributed by atoms with Crippen LogP contribution in [0, 0.1) is 5.92 Å². The molecule has 2 atom stereocenters. The quantitative estimate of drug-likeness (QED) is 0.574. The molecule has 0 radical (unpaired) electrons. The van der Waals surface area contributed by atoms with Crippen LogP contribution < -0.4 is 10.6 Å². The molecule has 8 heteroatoms. The summed E-state index contributed by atoms with van der Waals surface area (Å²) < 4.78 is 38.5. The second kappa shape index (κ2) is 10.9. The van der Waals surface area contributed by atoms with E-state index in [2.05, 4.69) is 10.6 Å². The third-order valence-electron chi connectivity index (χ3n) is 5.83. The second-order valence-electron chi connectivity index (χ2n) is 8.14. The smallest absolute Gasteiger partial charge is 0.352 e. The van der Waals surface area contributed by atoms with Crippen molar-refractivity contribution in [1.82, 2.24) is 10.6 Å². The zero-order chi connectivity index (χ0) is 23.1. The number of carbonyl (C=O) groups is 2. The third kappa shape index (κ3) is 6.99. The Kier molecular flexibility index (Phi) is 8.18. The van der Waals surface area contributed by atoms with Crippen LogP contribution in [-0.2, 0) is 17.4 Å². The van der Waals surface area contributed by atoms with Crippen molar-refractivity contribution in [2.75, 3.05) is 6.54 Å². The van der Waals surface area contributed by atoms with Crippen molar-refractivity contribution < 1.29 is 22.8 Å². The summed E-state index contributed by atoms with van der Waals surface area (Å²) in [6.07, 6.45) is 1.33. The Hall–Kier alpha value is -2.54. The molecule has 0 spiro atoms. The minimum Gasteiger partial charge on any atom is -0.352 e. The van der Waals surface area contributed by atoms with Crippen LogP contribution in [0.4, 0.5) is 13.2 Å². The molecule has 2 aromatic rings. The van der Waals surface area contributed by atoms with E-state index >= 15 is 0 Å². The first-order valence-corrected chi connectivity index (χ1v) is 11.1. The minimum atomic E-state index is -4.53. The number of halogens is 4.